The summed E-state index contributed by atoms with van der Waals surface area (Å²) >= 11 is 0. The summed E-state index contributed by atoms with van der Waals surface area (Å²) in [7, 11) is 0. The Labute approximate surface area is 153 Å². The molecule has 1 aromatic carbocycles. The second kappa shape index (κ2) is 7.06. The number of rotatable bonds is 4. The predicted octanol–water partition coefficient (Wildman–Crippen LogP) is 3.33. The topological polar surface area (TPSA) is 68.3 Å². The normalized spacial score (nSPS) is 17.9. The first kappa shape index (κ1) is 17.0. The van der Waals surface area contributed by atoms with E-state index in [2.05, 4.69) is 5.32 Å². The molecule has 5 nitrogen and oxygen atoms in total. The third kappa shape index (κ3) is 3.43. The van der Waals surface area contributed by atoms with E-state index >= 15 is 0 Å². The Hall–Kier alpha value is -2.43. The van der Waals surface area contributed by atoms with Gasteiger partial charge in [0, 0.05) is 17.1 Å². The number of para-hydroxylation sites is 1. The van der Waals surface area contributed by atoms with Crippen LogP contribution in [0.15, 0.2) is 24.3 Å². The smallest absolute Gasteiger partial charge is 0.339 e. The van der Waals surface area contributed by atoms with Crippen molar-refractivity contribution in [2.45, 2.75) is 64.0 Å². The SMILES string of the molecule is CC(OC(=O)c1c2c(nc3ccccc13)CCCCC2)C(=O)NC1CC1. The molecule has 1 atom stereocenters. The van der Waals surface area contributed by atoms with Crippen molar-refractivity contribution in [2.24, 2.45) is 0 Å². The van der Waals surface area contributed by atoms with Gasteiger partial charge in [-0.05, 0) is 57.1 Å². The molecule has 1 N–H and O–H groups in total. The molecule has 1 amide bonds. The fourth-order valence-corrected chi connectivity index (χ4v) is 3.60. The largest absolute Gasteiger partial charge is 0.449 e. The maximum atomic E-state index is 13.0. The van der Waals surface area contributed by atoms with E-state index in [1.807, 2.05) is 24.3 Å². The molecule has 2 aliphatic carbocycles. The van der Waals surface area contributed by atoms with Crippen LogP contribution in [0.5, 0.6) is 0 Å². The number of nitrogens with zero attached hydrogens (tertiary/aromatic N) is 1. The van der Waals surface area contributed by atoms with Gasteiger partial charge in [0.25, 0.3) is 5.91 Å². The monoisotopic (exact) mass is 352 g/mol. The number of aryl methyl sites for hydroxylation is 1. The van der Waals surface area contributed by atoms with Crippen LogP contribution in [0.3, 0.4) is 0 Å². The highest BCUT2D eigenvalue weighted by atomic mass is 16.5. The molecule has 1 heterocycles. The third-order valence-corrected chi connectivity index (χ3v) is 5.20. The Balaban J connectivity index is 1.68. The minimum atomic E-state index is -0.795. The van der Waals surface area contributed by atoms with Gasteiger partial charge in [-0.1, -0.05) is 24.6 Å². The van der Waals surface area contributed by atoms with E-state index in [1.165, 1.54) is 0 Å². The Kier molecular flexibility index (Phi) is 4.62. The van der Waals surface area contributed by atoms with Gasteiger partial charge in [-0.2, -0.15) is 0 Å². The van der Waals surface area contributed by atoms with Gasteiger partial charge in [0.2, 0.25) is 0 Å². The quantitative estimate of drug-likeness (QED) is 0.677. The van der Waals surface area contributed by atoms with Crippen LogP contribution in [-0.4, -0.2) is 29.0 Å². The summed E-state index contributed by atoms with van der Waals surface area (Å²) in [5, 5.41) is 3.70. The van der Waals surface area contributed by atoms with Gasteiger partial charge < -0.3 is 10.1 Å². The lowest BCUT2D eigenvalue weighted by molar-refractivity contribution is -0.129. The molecule has 26 heavy (non-hydrogen) atoms. The van der Waals surface area contributed by atoms with Crippen LogP contribution < -0.4 is 5.32 Å². The highest BCUT2D eigenvalue weighted by Gasteiger charge is 2.29. The first-order valence-corrected chi connectivity index (χ1v) is 9.55. The number of ether oxygens (including phenoxy) is 1. The van der Waals surface area contributed by atoms with Crippen molar-refractivity contribution in [2.75, 3.05) is 0 Å². The molecule has 0 saturated heterocycles. The molecule has 0 aliphatic heterocycles. The summed E-state index contributed by atoms with van der Waals surface area (Å²) in [6.07, 6.45) is 6.22. The molecule has 5 heteroatoms. The molecular weight excluding hydrogens is 328 g/mol. The zero-order chi connectivity index (χ0) is 18.1. The highest BCUT2D eigenvalue weighted by molar-refractivity contribution is 6.05. The summed E-state index contributed by atoms with van der Waals surface area (Å²) in [6.45, 7) is 1.64. The molecule has 1 aromatic heterocycles. The molecule has 0 spiro atoms. The first-order chi connectivity index (χ1) is 12.6. The molecule has 1 saturated carbocycles. The molecule has 0 bridgehead atoms. The van der Waals surface area contributed by atoms with Gasteiger partial charge in [-0.3, -0.25) is 9.78 Å². The van der Waals surface area contributed by atoms with Crippen molar-refractivity contribution in [1.29, 1.82) is 0 Å². The second-order valence-electron chi connectivity index (χ2n) is 7.32. The lowest BCUT2D eigenvalue weighted by atomic mass is 9.97. The third-order valence-electron chi connectivity index (χ3n) is 5.20. The Morgan fingerprint density at radius 1 is 1.15 bits per heavy atom. The lowest BCUT2D eigenvalue weighted by Gasteiger charge is -2.17. The van der Waals surface area contributed by atoms with Crippen molar-refractivity contribution in [1.82, 2.24) is 10.3 Å². The lowest BCUT2D eigenvalue weighted by Crippen LogP contribution is -2.37. The van der Waals surface area contributed by atoms with E-state index in [0.717, 1.165) is 67.1 Å². The molecular formula is C21H24N2O3. The van der Waals surface area contributed by atoms with Crippen LogP contribution in [0, 0.1) is 0 Å². The van der Waals surface area contributed by atoms with Crippen molar-refractivity contribution >= 4 is 22.8 Å². The van der Waals surface area contributed by atoms with E-state index in [-0.39, 0.29) is 11.9 Å². The number of esters is 1. The number of carbonyl (C=O) groups excluding carboxylic acids is 2. The highest BCUT2D eigenvalue weighted by Crippen LogP contribution is 2.29. The minimum absolute atomic E-state index is 0.217. The summed E-state index contributed by atoms with van der Waals surface area (Å²) in [5.41, 5.74) is 3.41. The zero-order valence-corrected chi connectivity index (χ0v) is 15.1. The summed E-state index contributed by atoms with van der Waals surface area (Å²) < 4.78 is 5.56. The van der Waals surface area contributed by atoms with Gasteiger partial charge in [0.1, 0.15) is 0 Å². The van der Waals surface area contributed by atoms with E-state index < -0.39 is 12.1 Å². The van der Waals surface area contributed by atoms with Crippen molar-refractivity contribution in [3.63, 3.8) is 0 Å². The van der Waals surface area contributed by atoms with Crippen molar-refractivity contribution in [3.8, 4) is 0 Å². The predicted molar refractivity (Wildman–Crippen MR) is 99.0 cm³/mol. The maximum Gasteiger partial charge on any atom is 0.339 e. The Morgan fingerprint density at radius 3 is 2.73 bits per heavy atom. The van der Waals surface area contributed by atoms with Gasteiger partial charge >= 0.3 is 5.97 Å². The van der Waals surface area contributed by atoms with Crippen LogP contribution in [0.25, 0.3) is 10.9 Å². The number of benzene rings is 1. The molecule has 2 aliphatic rings. The number of carbonyl (C=O) groups is 2. The van der Waals surface area contributed by atoms with Crippen molar-refractivity contribution < 1.29 is 14.3 Å². The summed E-state index contributed by atoms with van der Waals surface area (Å²) in [6, 6.07) is 7.94. The maximum absolute atomic E-state index is 13.0. The number of hydrogen-bond acceptors (Lipinski definition) is 4. The number of fused-ring (bicyclic) bond motifs is 2. The van der Waals surface area contributed by atoms with E-state index in [4.69, 9.17) is 9.72 Å². The van der Waals surface area contributed by atoms with E-state index in [0.29, 0.717) is 5.56 Å². The molecule has 0 radical (unpaired) electrons. The van der Waals surface area contributed by atoms with Crippen LogP contribution in [-0.2, 0) is 22.4 Å². The Bertz CT molecular complexity index is 858. The number of amides is 1. The summed E-state index contributed by atoms with van der Waals surface area (Å²) in [4.78, 5) is 30.0. The fourth-order valence-electron chi connectivity index (χ4n) is 3.60. The fraction of sp³-hybridized carbons (Fsp3) is 0.476. The van der Waals surface area contributed by atoms with Gasteiger partial charge in [0.15, 0.2) is 6.10 Å². The number of aromatic nitrogens is 1. The molecule has 1 fully saturated rings. The minimum Gasteiger partial charge on any atom is -0.449 e. The van der Waals surface area contributed by atoms with Gasteiger partial charge in [0.05, 0.1) is 11.1 Å². The Morgan fingerprint density at radius 2 is 1.92 bits per heavy atom. The average molecular weight is 352 g/mol. The molecule has 136 valence electrons. The summed E-state index contributed by atoms with van der Waals surface area (Å²) in [5.74, 6) is -0.634. The molecule has 4 rings (SSSR count). The second-order valence-corrected chi connectivity index (χ2v) is 7.32. The van der Waals surface area contributed by atoms with Crippen LogP contribution in [0.4, 0.5) is 0 Å². The van der Waals surface area contributed by atoms with Gasteiger partial charge in [-0.15, -0.1) is 0 Å². The van der Waals surface area contributed by atoms with Gasteiger partial charge in [-0.25, -0.2) is 4.79 Å². The van der Waals surface area contributed by atoms with Crippen LogP contribution >= 0.6 is 0 Å². The number of hydrogen-bond donors (Lipinski definition) is 1. The number of nitrogens with one attached hydrogen (secondary N) is 1. The molecule has 2 aromatic rings. The number of pyridine rings is 1. The average Bonchev–Trinajstić information content (AvgIpc) is 3.46. The standard InChI is InChI=1S/C21H24N2O3/c1-13(20(24)22-14-11-12-14)26-21(25)19-15-7-3-2-4-9-17(15)23-18-10-6-5-8-16(18)19/h5-6,8,10,13-14H,2-4,7,9,11-12H2,1H3,(H,22,24). The first-order valence-electron chi connectivity index (χ1n) is 9.55. The van der Waals surface area contributed by atoms with Crippen molar-refractivity contribution in [3.05, 3.63) is 41.1 Å². The zero-order valence-electron chi connectivity index (χ0n) is 15.1. The van der Waals surface area contributed by atoms with E-state index in [1.54, 1.807) is 6.92 Å². The molecule has 1 unspecified atom stereocenters. The van der Waals surface area contributed by atoms with E-state index in [9.17, 15) is 9.59 Å². The van der Waals surface area contributed by atoms with Crippen LogP contribution in [0.2, 0.25) is 0 Å². The van der Waals surface area contributed by atoms with Crippen LogP contribution in [0.1, 0.15) is 60.6 Å².